The molecule has 1 aliphatic heterocycles. The monoisotopic (exact) mass is 421 g/mol. The van der Waals surface area contributed by atoms with Crippen LogP contribution < -0.4 is 10.6 Å². The van der Waals surface area contributed by atoms with E-state index in [4.69, 9.17) is 4.52 Å². The fraction of sp³-hybridized carbons (Fsp3) is 0.474. The normalized spacial score (nSPS) is 16.0. The molecule has 3 N–H and O–H groups in total. The van der Waals surface area contributed by atoms with Crippen LogP contribution in [0.15, 0.2) is 22.2 Å². The summed E-state index contributed by atoms with van der Waals surface area (Å²) in [6.45, 7) is 3.46. The van der Waals surface area contributed by atoms with Crippen LogP contribution in [0.1, 0.15) is 40.9 Å². The number of rotatable bonds is 7. The van der Waals surface area contributed by atoms with E-state index in [0.29, 0.717) is 34.6 Å². The SMILES string of the molecule is Cc1csc(C(=O)O)c1NC(=O)C[N+]1(CC(=O)Nc2ccon2)CCCCCC1. The minimum absolute atomic E-state index is 0.112. The Morgan fingerprint density at radius 3 is 2.38 bits per heavy atom. The number of hydrogen-bond donors (Lipinski definition) is 3. The zero-order valence-electron chi connectivity index (χ0n) is 16.3. The van der Waals surface area contributed by atoms with Crippen molar-refractivity contribution < 1.29 is 28.5 Å². The summed E-state index contributed by atoms with van der Waals surface area (Å²) in [7, 11) is 0. The maximum atomic E-state index is 12.8. The number of nitrogens with one attached hydrogen (secondary N) is 2. The van der Waals surface area contributed by atoms with Crippen molar-refractivity contribution in [3.63, 3.8) is 0 Å². The van der Waals surface area contributed by atoms with Crippen molar-refractivity contribution in [1.82, 2.24) is 5.16 Å². The summed E-state index contributed by atoms with van der Waals surface area (Å²) in [4.78, 5) is 36.9. The number of likely N-dealkylation sites (tertiary alicyclic amines) is 1. The molecule has 3 heterocycles. The van der Waals surface area contributed by atoms with Gasteiger partial charge in [0.2, 0.25) is 0 Å². The number of carboxylic acids is 1. The molecule has 10 heteroatoms. The molecule has 2 aromatic heterocycles. The molecule has 0 aliphatic carbocycles. The van der Waals surface area contributed by atoms with Crippen LogP contribution in [0.2, 0.25) is 0 Å². The number of thiophene rings is 1. The van der Waals surface area contributed by atoms with E-state index in [-0.39, 0.29) is 29.8 Å². The van der Waals surface area contributed by atoms with Gasteiger partial charge in [0, 0.05) is 6.07 Å². The van der Waals surface area contributed by atoms with Crippen LogP contribution in [0.5, 0.6) is 0 Å². The number of carboxylic acid groups (broad SMARTS) is 1. The number of amides is 2. The summed E-state index contributed by atoms with van der Waals surface area (Å²) < 4.78 is 5.07. The van der Waals surface area contributed by atoms with Gasteiger partial charge < -0.3 is 24.7 Å². The molecule has 2 aromatic rings. The highest BCUT2D eigenvalue weighted by atomic mass is 32.1. The smallest absolute Gasteiger partial charge is 0.348 e. The van der Waals surface area contributed by atoms with E-state index in [1.54, 1.807) is 18.4 Å². The number of quaternary nitrogens is 1. The minimum atomic E-state index is -1.07. The number of hydrogen-bond acceptors (Lipinski definition) is 6. The largest absolute Gasteiger partial charge is 0.477 e. The number of nitrogens with zero attached hydrogens (tertiary/aromatic N) is 2. The van der Waals surface area contributed by atoms with Crippen molar-refractivity contribution in [3.05, 3.63) is 28.2 Å². The van der Waals surface area contributed by atoms with Gasteiger partial charge in [0.25, 0.3) is 11.8 Å². The second-order valence-corrected chi connectivity index (χ2v) is 8.31. The highest BCUT2D eigenvalue weighted by molar-refractivity contribution is 7.12. The first kappa shape index (κ1) is 21.0. The summed E-state index contributed by atoms with van der Waals surface area (Å²) in [6, 6.07) is 1.56. The van der Waals surface area contributed by atoms with Gasteiger partial charge >= 0.3 is 5.97 Å². The van der Waals surface area contributed by atoms with Crippen LogP contribution in [0.4, 0.5) is 11.5 Å². The van der Waals surface area contributed by atoms with Gasteiger partial charge in [-0.25, -0.2) is 4.79 Å². The summed E-state index contributed by atoms with van der Waals surface area (Å²) in [5, 5.41) is 20.2. The van der Waals surface area contributed by atoms with E-state index >= 15 is 0 Å². The molecule has 2 amide bonds. The number of aryl methyl sites for hydroxylation is 1. The first-order valence-corrected chi connectivity index (χ1v) is 10.4. The van der Waals surface area contributed by atoms with Gasteiger partial charge in [-0.05, 0) is 43.6 Å². The Bertz CT molecular complexity index is 869. The third-order valence-corrected chi connectivity index (χ3v) is 6.20. The van der Waals surface area contributed by atoms with Crippen LogP contribution in [0.3, 0.4) is 0 Å². The molecule has 0 spiro atoms. The van der Waals surface area contributed by atoms with Crippen LogP contribution >= 0.6 is 11.3 Å². The second-order valence-electron chi connectivity index (χ2n) is 7.43. The molecule has 0 aromatic carbocycles. The Morgan fingerprint density at radius 1 is 1.14 bits per heavy atom. The Kier molecular flexibility index (Phi) is 6.65. The third kappa shape index (κ3) is 5.42. The summed E-state index contributed by atoms with van der Waals surface area (Å²) in [6.07, 6.45) is 5.38. The number of carbonyl (C=O) groups excluding carboxylic acids is 2. The number of carbonyl (C=O) groups is 3. The van der Waals surface area contributed by atoms with Crippen molar-refractivity contribution >= 4 is 40.6 Å². The topological polar surface area (TPSA) is 122 Å². The molecule has 0 atom stereocenters. The predicted molar refractivity (Wildman–Crippen MR) is 108 cm³/mol. The third-order valence-electron chi connectivity index (χ3n) is 5.11. The quantitative estimate of drug-likeness (QED) is 0.591. The lowest BCUT2D eigenvalue weighted by Gasteiger charge is -2.36. The van der Waals surface area contributed by atoms with Gasteiger partial charge in [-0.15, -0.1) is 11.3 Å². The van der Waals surface area contributed by atoms with Crippen molar-refractivity contribution in [3.8, 4) is 0 Å². The standard InChI is InChI=1S/C19H24N4O5S/c1-13-12-29-18(19(26)27)17(13)21-16(25)11-23(7-4-2-3-5-8-23)10-15(24)20-14-6-9-28-22-14/h6,9,12H,2-5,7-8,10-11H2,1H3,(H2-,20,21,22,24,25,26,27)/p+1. The lowest BCUT2D eigenvalue weighted by molar-refractivity contribution is -0.912. The van der Waals surface area contributed by atoms with E-state index in [1.165, 1.54) is 6.26 Å². The average Bonchev–Trinajstić information content (AvgIpc) is 3.22. The lowest BCUT2D eigenvalue weighted by atomic mass is 10.2. The van der Waals surface area contributed by atoms with Gasteiger partial charge in [-0.2, -0.15) is 0 Å². The molecule has 0 saturated carbocycles. The van der Waals surface area contributed by atoms with E-state index in [0.717, 1.165) is 37.0 Å². The number of anilines is 2. The lowest BCUT2D eigenvalue weighted by Crippen LogP contribution is -2.56. The fourth-order valence-corrected chi connectivity index (χ4v) is 4.58. The molecular formula is C19H25N4O5S+. The van der Waals surface area contributed by atoms with E-state index in [9.17, 15) is 19.5 Å². The van der Waals surface area contributed by atoms with E-state index in [2.05, 4.69) is 15.8 Å². The van der Waals surface area contributed by atoms with E-state index < -0.39 is 5.97 Å². The molecule has 9 nitrogen and oxygen atoms in total. The molecule has 1 aliphatic rings. The summed E-state index contributed by atoms with van der Waals surface area (Å²) in [5.41, 5.74) is 1.06. The van der Waals surface area contributed by atoms with Crippen molar-refractivity contribution in [2.45, 2.75) is 32.6 Å². The van der Waals surface area contributed by atoms with Gasteiger partial charge in [0.15, 0.2) is 18.9 Å². The summed E-state index contributed by atoms with van der Waals surface area (Å²) in [5.74, 6) is -1.24. The van der Waals surface area contributed by atoms with Crippen LogP contribution in [0, 0.1) is 6.92 Å². The molecule has 29 heavy (non-hydrogen) atoms. The zero-order chi connectivity index (χ0) is 20.9. The summed E-state index contributed by atoms with van der Waals surface area (Å²) >= 11 is 1.09. The van der Waals surface area contributed by atoms with Gasteiger partial charge in [0.1, 0.15) is 11.1 Å². The van der Waals surface area contributed by atoms with Crippen molar-refractivity contribution in [1.29, 1.82) is 0 Å². The van der Waals surface area contributed by atoms with Crippen molar-refractivity contribution in [2.75, 3.05) is 36.8 Å². The van der Waals surface area contributed by atoms with Gasteiger partial charge in [0.05, 0.1) is 18.8 Å². The van der Waals surface area contributed by atoms with Crippen LogP contribution in [0.25, 0.3) is 0 Å². The number of aromatic carboxylic acids is 1. The Labute approximate surface area is 172 Å². The molecule has 0 unspecified atom stereocenters. The molecule has 0 radical (unpaired) electrons. The average molecular weight is 421 g/mol. The van der Waals surface area contributed by atoms with Crippen molar-refractivity contribution in [2.24, 2.45) is 0 Å². The van der Waals surface area contributed by atoms with Gasteiger partial charge in [-0.1, -0.05) is 5.16 Å². The maximum Gasteiger partial charge on any atom is 0.348 e. The first-order valence-electron chi connectivity index (χ1n) is 9.55. The highest BCUT2D eigenvalue weighted by Gasteiger charge is 2.34. The molecule has 0 bridgehead atoms. The molecule has 156 valence electrons. The zero-order valence-corrected chi connectivity index (χ0v) is 17.1. The Morgan fingerprint density at radius 2 is 1.79 bits per heavy atom. The molecular weight excluding hydrogens is 396 g/mol. The number of aromatic nitrogens is 1. The highest BCUT2D eigenvalue weighted by Crippen LogP contribution is 2.28. The van der Waals surface area contributed by atoms with Crippen LogP contribution in [-0.2, 0) is 9.59 Å². The first-order chi connectivity index (χ1) is 13.9. The van der Waals surface area contributed by atoms with Gasteiger partial charge in [-0.3, -0.25) is 9.59 Å². The maximum absolute atomic E-state index is 12.8. The molecule has 3 rings (SSSR count). The molecule has 1 saturated heterocycles. The molecule has 1 fully saturated rings. The van der Waals surface area contributed by atoms with E-state index in [1.807, 2.05) is 0 Å². The fourth-order valence-electron chi connectivity index (χ4n) is 3.74. The van der Waals surface area contributed by atoms with Crippen LogP contribution in [-0.4, -0.2) is 58.7 Å². The Hall–Kier alpha value is -2.72. The second kappa shape index (κ2) is 9.19. The minimum Gasteiger partial charge on any atom is -0.477 e. The Balaban J connectivity index is 1.73. The predicted octanol–water partition coefficient (Wildman–Crippen LogP) is 2.71.